The molecule has 2 atom stereocenters. The van der Waals surface area contributed by atoms with Gasteiger partial charge in [-0.2, -0.15) is 0 Å². The first kappa shape index (κ1) is 14.7. The third kappa shape index (κ3) is 4.17. The highest BCUT2D eigenvalue weighted by atomic mass is 16.5. The number of carbonyl (C=O) groups excluding carboxylic acids is 2. The third-order valence-electron chi connectivity index (χ3n) is 3.76. The lowest BCUT2D eigenvalue weighted by atomic mass is 9.82. The zero-order valence-corrected chi connectivity index (χ0v) is 11.6. The molecule has 0 radical (unpaired) electrons. The molecule has 0 amide bonds. The fourth-order valence-electron chi connectivity index (χ4n) is 2.59. The van der Waals surface area contributed by atoms with Gasteiger partial charge in [0.25, 0.3) is 0 Å². The van der Waals surface area contributed by atoms with E-state index < -0.39 is 6.04 Å². The minimum atomic E-state index is -0.411. The lowest BCUT2D eigenvalue weighted by Gasteiger charge is -2.25. The fraction of sp³-hybridized carbons (Fsp3) is 0.500. The van der Waals surface area contributed by atoms with Crippen LogP contribution in [0.5, 0.6) is 0 Å². The number of hydrogen-bond acceptors (Lipinski definition) is 4. The van der Waals surface area contributed by atoms with E-state index in [-0.39, 0.29) is 30.7 Å². The number of rotatable bonds is 5. The van der Waals surface area contributed by atoms with E-state index >= 15 is 0 Å². The van der Waals surface area contributed by atoms with Crippen molar-refractivity contribution >= 4 is 11.8 Å². The average Bonchev–Trinajstić information content (AvgIpc) is 2.46. The second-order valence-corrected chi connectivity index (χ2v) is 5.33. The number of ether oxygens (including phenoxy) is 1. The Morgan fingerprint density at radius 1 is 1.30 bits per heavy atom. The highest BCUT2D eigenvalue weighted by Gasteiger charge is 2.29. The van der Waals surface area contributed by atoms with Gasteiger partial charge in [0.1, 0.15) is 12.4 Å². The Bertz CT molecular complexity index is 458. The molecule has 0 aliphatic heterocycles. The number of nitrogens with two attached hydrogens (primary N) is 1. The van der Waals surface area contributed by atoms with Crippen LogP contribution < -0.4 is 5.73 Å². The lowest BCUT2D eigenvalue weighted by Crippen LogP contribution is -2.39. The van der Waals surface area contributed by atoms with Crippen molar-refractivity contribution in [2.75, 3.05) is 0 Å². The van der Waals surface area contributed by atoms with Gasteiger partial charge in [0.15, 0.2) is 0 Å². The van der Waals surface area contributed by atoms with E-state index in [1.165, 1.54) is 0 Å². The van der Waals surface area contributed by atoms with E-state index in [0.717, 1.165) is 24.8 Å². The van der Waals surface area contributed by atoms with Crippen LogP contribution in [0.25, 0.3) is 0 Å². The van der Waals surface area contributed by atoms with E-state index in [1.807, 2.05) is 30.3 Å². The zero-order chi connectivity index (χ0) is 14.4. The minimum absolute atomic E-state index is 0.114. The molecule has 1 aromatic carbocycles. The van der Waals surface area contributed by atoms with Gasteiger partial charge in [-0.25, -0.2) is 0 Å². The van der Waals surface area contributed by atoms with E-state index in [4.69, 9.17) is 10.5 Å². The molecule has 4 heteroatoms. The molecule has 1 aliphatic rings. The molecule has 0 spiro atoms. The highest BCUT2D eigenvalue weighted by molar-refractivity contribution is 5.83. The molecule has 4 nitrogen and oxygen atoms in total. The van der Waals surface area contributed by atoms with Crippen LogP contribution in [0.2, 0.25) is 0 Å². The van der Waals surface area contributed by atoms with Crippen LogP contribution in [0.4, 0.5) is 0 Å². The molecule has 108 valence electrons. The summed E-state index contributed by atoms with van der Waals surface area (Å²) in [4.78, 5) is 23.5. The van der Waals surface area contributed by atoms with Crippen LogP contribution in [0.3, 0.4) is 0 Å². The average molecular weight is 275 g/mol. The van der Waals surface area contributed by atoms with E-state index in [0.29, 0.717) is 6.42 Å². The number of hydrogen-bond donors (Lipinski definition) is 1. The van der Waals surface area contributed by atoms with Crippen molar-refractivity contribution < 1.29 is 14.3 Å². The molecule has 20 heavy (non-hydrogen) atoms. The Hall–Kier alpha value is -1.68. The van der Waals surface area contributed by atoms with Crippen LogP contribution in [0.15, 0.2) is 30.3 Å². The summed E-state index contributed by atoms with van der Waals surface area (Å²) in [6.45, 7) is 0.255. The van der Waals surface area contributed by atoms with Crippen molar-refractivity contribution in [3.63, 3.8) is 0 Å². The van der Waals surface area contributed by atoms with Gasteiger partial charge < -0.3 is 10.5 Å². The molecule has 1 aliphatic carbocycles. The van der Waals surface area contributed by atoms with Gasteiger partial charge in [0.05, 0.1) is 6.42 Å². The largest absolute Gasteiger partial charge is 0.461 e. The van der Waals surface area contributed by atoms with Crippen molar-refractivity contribution in [1.29, 1.82) is 0 Å². The van der Waals surface area contributed by atoms with Gasteiger partial charge in [0, 0.05) is 18.4 Å². The molecule has 1 aromatic rings. The molecule has 0 aromatic heterocycles. The van der Waals surface area contributed by atoms with Crippen LogP contribution in [-0.2, 0) is 20.9 Å². The summed E-state index contributed by atoms with van der Waals surface area (Å²) in [5, 5.41) is 0. The van der Waals surface area contributed by atoms with Crippen molar-refractivity contribution in [1.82, 2.24) is 0 Å². The number of carbonyl (C=O) groups is 2. The Morgan fingerprint density at radius 3 is 2.75 bits per heavy atom. The Labute approximate surface area is 119 Å². The molecule has 1 saturated carbocycles. The molecule has 1 unspecified atom stereocenters. The Morgan fingerprint density at radius 2 is 2.05 bits per heavy atom. The summed E-state index contributed by atoms with van der Waals surface area (Å²) in [5.41, 5.74) is 6.93. The van der Waals surface area contributed by atoms with Crippen molar-refractivity contribution in [2.45, 2.75) is 44.8 Å². The summed E-state index contributed by atoms with van der Waals surface area (Å²) in [6.07, 6.45) is 3.47. The fourth-order valence-corrected chi connectivity index (χ4v) is 2.59. The minimum Gasteiger partial charge on any atom is -0.461 e. The monoisotopic (exact) mass is 275 g/mol. The topological polar surface area (TPSA) is 69.4 Å². The lowest BCUT2D eigenvalue weighted by molar-refractivity contribution is -0.145. The predicted octanol–water partition coefficient (Wildman–Crippen LogP) is 2.21. The van der Waals surface area contributed by atoms with E-state index in [1.54, 1.807) is 0 Å². The maximum Gasteiger partial charge on any atom is 0.307 e. The normalized spacial score (nSPS) is 20.4. The third-order valence-corrected chi connectivity index (χ3v) is 3.76. The molecule has 0 saturated heterocycles. The SMILES string of the molecule is N[C@H](CC(=O)OCc1ccccc1)C1CCCCC1=O. The summed E-state index contributed by atoms with van der Waals surface area (Å²) in [7, 11) is 0. The summed E-state index contributed by atoms with van der Waals surface area (Å²) in [5.74, 6) is -0.313. The van der Waals surface area contributed by atoms with Gasteiger partial charge >= 0.3 is 5.97 Å². The zero-order valence-electron chi connectivity index (χ0n) is 11.6. The maximum atomic E-state index is 11.8. The van der Waals surface area contributed by atoms with Crippen LogP contribution in [-0.4, -0.2) is 17.8 Å². The maximum absolute atomic E-state index is 11.8. The van der Waals surface area contributed by atoms with Gasteiger partial charge in [-0.3, -0.25) is 9.59 Å². The van der Waals surface area contributed by atoms with Crippen LogP contribution in [0, 0.1) is 5.92 Å². The van der Waals surface area contributed by atoms with Crippen LogP contribution >= 0.6 is 0 Å². The number of benzene rings is 1. The second kappa shape index (κ2) is 7.20. The van der Waals surface area contributed by atoms with Crippen molar-refractivity contribution in [3.8, 4) is 0 Å². The summed E-state index contributed by atoms with van der Waals surface area (Å²) < 4.78 is 5.19. The van der Waals surface area contributed by atoms with E-state index in [2.05, 4.69) is 0 Å². The molecular weight excluding hydrogens is 254 g/mol. The van der Waals surface area contributed by atoms with Crippen molar-refractivity contribution in [3.05, 3.63) is 35.9 Å². The first-order chi connectivity index (χ1) is 9.66. The number of Topliss-reactive ketones (excluding diaryl/α,β-unsaturated/α-hetero) is 1. The molecule has 2 N–H and O–H groups in total. The molecule has 2 rings (SSSR count). The Balaban J connectivity index is 1.77. The predicted molar refractivity (Wildman–Crippen MR) is 75.8 cm³/mol. The van der Waals surface area contributed by atoms with Crippen molar-refractivity contribution in [2.24, 2.45) is 11.7 Å². The highest BCUT2D eigenvalue weighted by Crippen LogP contribution is 2.24. The summed E-state index contributed by atoms with van der Waals surface area (Å²) >= 11 is 0. The molecule has 1 fully saturated rings. The molecular formula is C16H21NO3. The standard InChI is InChI=1S/C16H21NO3/c17-14(13-8-4-5-9-15(13)18)10-16(19)20-11-12-6-2-1-3-7-12/h1-3,6-7,13-14H,4-5,8-11,17H2/t13?,14-/m1/s1. The van der Waals surface area contributed by atoms with Gasteiger partial charge in [-0.1, -0.05) is 36.8 Å². The molecule has 0 bridgehead atoms. The first-order valence-electron chi connectivity index (χ1n) is 7.14. The smallest absolute Gasteiger partial charge is 0.307 e. The number of ketones is 1. The Kier molecular flexibility index (Phi) is 5.30. The van der Waals surface area contributed by atoms with Gasteiger partial charge in [0.2, 0.25) is 0 Å². The van der Waals surface area contributed by atoms with E-state index in [9.17, 15) is 9.59 Å². The second-order valence-electron chi connectivity index (χ2n) is 5.33. The molecule has 0 heterocycles. The first-order valence-corrected chi connectivity index (χ1v) is 7.14. The van der Waals surface area contributed by atoms with Gasteiger partial charge in [-0.15, -0.1) is 0 Å². The van der Waals surface area contributed by atoms with Crippen LogP contribution in [0.1, 0.15) is 37.7 Å². The quantitative estimate of drug-likeness (QED) is 0.836. The number of esters is 1. The van der Waals surface area contributed by atoms with Gasteiger partial charge in [-0.05, 0) is 18.4 Å². The summed E-state index contributed by atoms with van der Waals surface area (Å²) in [6, 6.07) is 9.10.